The first-order valence-corrected chi connectivity index (χ1v) is 7.61. The number of rotatable bonds is 4. The highest BCUT2D eigenvalue weighted by Gasteiger charge is 2.06. The van der Waals surface area contributed by atoms with Crippen molar-refractivity contribution in [2.24, 2.45) is 0 Å². The Hall–Kier alpha value is -2.76. The van der Waals surface area contributed by atoms with Crippen LogP contribution >= 0.6 is 11.6 Å². The van der Waals surface area contributed by atoms with Gasteiger partial charge in [-0.3, -0.25) is 0 Å². The summed E-state index contributed by atoms with van der Waals surface area (Å²) in [6.07, 6.45) is 0. The molecule has 0 fully saturated rings. The van der Waals surface area contributed by atoms with Gasteiger partial charge in [0.1, 0.15) is 12.4 Å². The molecule has 23 heavy (non-hydrogen) atoms. The van der Waals surface area contributed by atoms with Crippen LogP contribution in [0.2, 0.25) is 5.02 Å². The van der Waals surface area contributed by atoms with E-state index in [0.29, 0.717) is 17.2 Å². The monoisotopic (exact) mass is 319 g/mol. The van der Waals surface area contributed by atoms with Gasteiger partial charge < -0.3 is 4.74 Å². The summed E-state index contributed by atoms with van der Waals surface area (Å²) in [6.45, 7) is 0.519. The van der Waals surface area contributed by atoms with Crippen LogP contribution < -0.4 is 4.74 Å². The second-order valence-corrected chi connectivity index (χ2v) is 5.52. The van der Waals surface area contributed by atoms with E-state index in [1.807, 2.05) is 60.7 Å². The Bertz CT molecular complexity index is 853. The van der Waals surface area contributed by atoms with E-state index in [0.717, 1.165) is 22.4 Å². The van der Waals surface area contributed by atoms with Crippen molar-refractivity contribution in [2.75, 3.05) is 0 Å². The van der Waals surface area contributed by atoms with Crippen LogP contribution in [0, 0.1) is 11.3 Å². The van der Waals surface area contributed by atoms with Gasteiger partial charge >= 0.3 is 0 Å². The Morgan fingerprint density at radius 2 is 1.74 bits per heavy atom. The van der Waals surface area contributed by atoms with Gasteiger partial charge in [-0.05, 0) is 35.4 Å². The third-order valence-corrected chi connectivity index (χ3v) is 3.80. The summed E-state index contributed by atoms with van der Waals surface area (Å²) in [5, 5.41) is 9.48. The SMILES string of the molecule is N#Cc1ccc(-c2cccc(OCc3ccccc3)c2)c(Cl)c1. The number of hydrogen-bond donors (Lipinski definition) is 0. The fourth-order valence-corrected chi connectivity index (χ4v) is 2.60. The average Bonchev–Trinajstić information content (AvgIpc) is 2.61. The van der Waals surface area contributed by atoms with Crippen LogP contribution in [-0.2, 0) is 6.61 Å². The molecule has 0 amide bonds. The second-order valence-electron chi connectivity index (χ2n) is 5.11. The van der Waals surface area contributed by atoms with E-state index >= 15 is 0 Å². The van der Waals surface area contributed by atoms with Crippen LogP contribution in [0.1, 0.15) is 11.1 Å². The molecule has 0 saturated carbocycles. The fourth-order valence-electron chi connectivity index (χ4n) is 2.31. The molecule has 2 nitrogen and oxygen atoms in total. The predicted octanol–water partition coefficient (Wildman–Crippen LogP) is 5.46. The molecule has 0 saturated heterocycles. The standard InChI is InChI=1S/C20H14ClNO/c21-20-11-16(13-22)9-10-19(20)17-7-4-8-18(12-17)23-14-15-5-2-1-3-6-15/h1-12H,14H2. The largest absolute Gasteiger partial charge is 0.489 e. The highest BCUT2D eigenvalue weighted by Crippen LogP contribution is 2.31. The van der Waals surface area contributed by atoms with Crippen molar-refractivity contribution < 1.29 is 4.74 Å². The summed E-state index contributed by atoms with van der Waals surface area (Å²) in [4.78, 5) is 0. The van der Waals surface area contributed by atoms with Gasteiger partial charge in [0.25, 0.3) is 0 Å². The third-order valence-electron chi connectivity index (χ3n) is 3.49. The lowest BCUT2D eigenvalue weighted by Crippen LogP contribution is -1.95. The van der Waals surface area contributed by atoms with Gasteiger partial charge in [0, 0.05) is 10.6 Å². The first kappa shape index (κ1) is 15.1. The molecule has 0 aromatic heterocycles. The lowest BCUT2D eigenvalue weighted by atomic mass is 10.0. The van der Waals surface area contributed by atoms with E-state index in [1.165, 1.54) is 0 Å². The molecule has 0 aliphatic heterocycles. The maximum atomic E-state index is 8.92. The van der Waals surface area contributed by atoms with Gasteiger partial charge in [0.05, 0.1) is 11.6 Å². The van der Waals surface area contributed by atoms with Crippen LogP contribution in [0.5, 0.6) is 5.75 Å². The molecule has 3 aromatic carbocycles. The van der Waals surface area contributed by atoms with E-state index in [2.05, 4.69) is 6.07 Å². The number of halogens is 1. The summed E-state index contributed by atoms with van der Waals surface area (Å²) in [7, 11) is 0. The number of ether oxygens (including phenoxy) is 1. The van der Waals surface area contributed by atoms with Crippen molar-refractivity contribution in [2.45, 2.75) is 6.61 Å². The van der Waals surface area contributed by atoms with E-state index in [1.54, 1.807) is 12.1 Å². The van der Waals surface area contributed by atoms with E-state index < -0.39 is 0 Å². The van der Waals surface area contributed by atoms with Gasteiger partial charge in [-0.15, -0.1) is 0 Å². The smallest absolute Gasteiger partial charge is 0.120 e. The molecule has 0 heterocycles. The molecular weight excluding hydrogens is 306 g/mol. The summed E-state index contributed by atoms with van der Waals surface area (Å²) >= 11 is 6.28. The van der Waals surface area contributed by atoms with Gasteiger partial charge in [-0.2, -0.15) is 5.26 Å². The molecule has 112 valence electrons. The zero-order valence-electron chi connectivity index (χ0n) is 12.4. The molecule has 0 unspecified atom stereocenters. The first-order valence-electron chi connectivity index (χ1n) is 7.23. The Morgan fingerprint density at radius 1 is 0.913 bits per heavy atom. The predicted molar refractivity (Wildman–Crippen MR) is 92.4 cm³/mol. The highest BCUT2D eigenvalue weighted by molar-refractivity contribution is 6.33. The van der Waals surface area contributed by atoms with E-state index in [9.17, 15) is 0 Å². The molecular formula is C20H14ClNO. The first-order chi connectivity index (χ1) is 11.3. The van der Waals surface area contributed by atoms with E-state index in [-0.39, 0.29) is 0 Å². The Morgan fingerprint density at radius 3 is 2.48 bits per heavy atom. The summed E-state index contributed by atoms with van der Waals surface area (Å²) in [6, 6.07) is 25.2. The second kappa shape index (κ2) is 7.00. The van der Waals surface area contributed by atoms with Gasteiger partial charge in [-0.25, -0.2) is 0 Å². The van der Waals surface area contributed by atoms with Crippen molar-refractivity contribution in [1.29, 1.82) is 5.26 Å². The quantitative estimate of drug-likeness (QED) is 0.640. The molecule has 3 aromatic rings. The number of nitriles is 1. The zero-order valence-corrected chi connectivity index (χ0v) is 13.1. The fraction of sp³-hybridized carbons (Fsp3) is 0.0500. The number of benzene rings is 3. The maximum Gasteiger partial charge on any atom is 0.120 e. The van der Waals surface area contributed by atoms with Gasteiger partial charge in [-0.1, -0.05) is 60.1 Å². The van der Waals surface area contributed by atoms with Crippen LogP contribution in [0.15, 0.2) is 72.8 Å². The van der Waals surface area contributed by atoms with Crippen molar-refractivity contribution in [3.8, 4) is 22.9 Å². The minimum atomic E-state index is 0.519. The van der Waals surface area contributed by atoms with Gasteiger partial charge in [0.2, 0.25) is 0 Å². The summed E-state index contributed by atoms with van der Waals surface area (Å²) in [5.74, 6) is 0.784. The van der Waals surface area contributed by atoms with Crippen molar-refractivity contribution >= 4 is 11.6 Å². The third kappa shape index (κ3) is 3.71. The Labute approximate surface area is 140 Å². The Kier molecular flexibility index (Phi) is 4.61. The average molecular weight is 320 g/mol. The van der Waals surface area contributed by atoms with Crippen molar-refractivity contribution in [3.05, 3.63) is 88.9 Å². The minimum Gasteiger partial charge on any atom is -0.489 e. The zero-order chi connectivity index (χ0) is 16.1. The topological polar surface area (TPSA) is 33.0 Å². The lowest BCUT2D eigenvalue weighted by Gasteiger charge is -2.09. The van der Waals surface area contributed by atoms with Crippen LogP contribution in [0.25, 0.3) is 11.1 Å². The minimum absolute atomic E-state index is 0.519. The molecule has 0 bridgehead atoms. The van der Waals surface area contributed by atoms with Crippen molar-refractivity contribution in [1.82, 2.24) is 0 Å². The molecule has 0 N–H and O–H groups in total. The van der Waals surface area contributed by atoms with Gasteiger partial charge in [0.15, 0.2) is 0 Å². The lowest BCUT2D eigenvalue weighted by molar-refractivity contribution is 0.306. The number of hydrogen-bond acceptors (Lipinski definition) is 2. The Balaban J connectivity index is 1.81. The molecule has 0 atom stereocenters. The van der Waals surface area contributed by atoms with Crippen molar-refractivity contribution in [3.63, 3.8) is 0 Å². The normalized spacial score (nSPS) is 10.1. The molecule has 0 aliphatic rings. The molecule has 3 rings (SSSR count). The van der Waals surface area contributed by atoms with Crippen LogP contribution in [0.3, 0.4) is 0 Å². The van der Waals surface area contributed by atoms with E-state index in [4.69, 9.17) is 21.6 Å². The number of nitrogens with zero attached hydrogens (tertiary/aromatic N) is 1. The molecule has 3 heteroatoms. The van der Waals surface area contributed by atoms with Crippen LogP contribution in [-0.4, -0.2) is 0 Å². The van der Waals surface area contributed by atoms with Crippen LogP contribution in [0.4, 0.5) is 0 Å². The molecule has 0 spiro atoms. The maximum absolute atomic E-state index is 8.92. The summed E-state index contributed by atoms with van der Waals surface area (Å²) in [5.41, 5.74) is 3.52. The highest BCUT2D eigenvalue weighted by atomic mass is 35.5. The molecule has 0 aliphatic carbocycles. The molecule has 0 radical (unpaired) electrons. The summed E-state index contributed by atoms with van der Waals surface area (Å²) < 4.78 is 5.84.